The predicted molar refractivity (Wildman–Crippen MR) is 92.2 cm³/mol. The van der Waals surface area contributed by atoms with Gasteiger partial charge in [-0.3, -0.25) is 0 Å². The highest BCUT2D eigenvalue weighted by molar-refractivity contribution is 6.70. The van der Waals surface area contributed by atoms with Crippen LogP contribution in [0.15, 0.2) is 24.0 Å². The Morgan fingerprint density at radius 3 is 2.60 bits per heavy atom. The molecular formula is C18H34OSi. The van der Waals surface area contributed by atoms with Crippen LogP contribution in [0.4, 0.5) is 0 Å². The van der Waals surface area contributed by atoms with E-state index in [9.17, 15) is 0 Å². The van der Waals surface area contributed by atoms with Crippen molar-refractivity contribution < 1.29 is 4.43 Å². The molecule has 2 heteroatoms. The van der Waals surface area contributed by atoms with Crippen molar-refractivity contribution in [2.75, 3.05) is 0 Å². The highest BCUT2D eigenvalue weighted by Gasteiger charge is 2.29. The third kappa shape index (κ3) is 6.30. The molecule has 0 aromatic carbocycles. The summed E-state index contributed by atoms with van der Waals surface area (Å²) in [5.74, 6) is 3.42. The number of hydrogen-bond donors (Lipinski definition) is 0. The summed E-state index contributed by atoms with van der Waals surface area (Å²) in [4.78, 5) is 0. The molecule has 3 atom stereocenters. The molecule has 20 heavy (non-hydrogen) atoms. The Balaban J connectivity index is 2.78. The molecule has 1 aliphatic rings. The van der Waals surface area contributed by atoms with E-state index in [4.69, 9.17) is 4.43 Å². The maximum Gasteiger partial charge on any atom is 0.241 e. The van der Waals surface area contributed by atoms with Gasteiger partial charge < -0.3 is 4.43 Å². The van der Waals surface area contributed by atoms with E-state index in [2.05, 4.69) is 53.1 Å². The molecule has 0 saturated carbocycles. The average Bonchev–Trinajstić information content (AvgIpc) is 2.47. The Kier molecular flexibility index (Phi) is 6.57. The summed E-state index contributed by atoms with van der Waals surface area (Å²) in [6, 6.07) is 0. The van der Waals surface area contributed by atoms with Gasteiger partial charge >= 0.3 is 0 Å². The molecule has 0 unspecified atom stereocenters. The van der Waals surface area contributed by atoms with Crippen molar-refractivity contribution in [1.29, 1.82) is 0 Å². The van der Waals surface area contributed by atoms with Crippen LogP contribution >= 0.6 is 0 Å². The zero-order chi connectivity index (χ0) is 15.3. The van der Waals surface area contributed by atoms with Crippen molar-refractivity contribution in [2.24, 2.45) is 17.8 Å². The molecular weight excluding hydrogens is 260 g/mol. The van der Waals surface area contributed by atoms with Gasteiger partial charge in [-0.1, -0.05) is 19.4 Å². The van der Waals surface area contributed by atoms with E-state index in [1.165, 1.54) is 37.0 Å². The summed E-state index contributed by atoms with van der Waals surface area (Å²) in [6.45, 7) is 17.8. The van der Waals surface area contributed by atoms with Gasteiger partial charge in [0.2, 0.25) is 8.32 Å². The lowest BCUT2D eigenvalue weighted by molar-refractivity contribution is 0.256. The van der Waals surface area contributed by atoms with Crippen molar-refractivity contribution in [3.05, 3.63) is 24.0 Å². The second-order valence-corrected chi connectivity index (χ2v) is 12.2. The van der Waals surface area contributed by atoms with E-state index in [0.717, 1.165) is 12.3 Å². The normalized spacial score (nSPS) is 25.6. The SMILES string of the molecule is C=C(C)CC[C@H](C)[C@@H]1CC[C@@H](C)CC=C1O[Si](C)(C)C. The summed E-state index contributed by atoms with van der Waals surface area (Å²) >= 11 is 0. The molecule has 1 aliphatic carbocycles. The molecule has 0 aromatic rings. The standard InChI is InChI=1S/C18H34OSi/c1-14(2)8-11-16(4)17-12-9-15(3)10-13-18(17)19-20(5,6)7/h13,15-17H,1,8-12H2,2-7H3/t15-,16+,17+/m1/s1. The fourth-order valence-electron chi connectivity index (χ4n) is 2.90. The second kappa shape index (κ2) is 7.49. The third-order valence-corrected chi connectivity index (χ3v) is 5.04. The van der Waals surface area contributed by atoms with Crippen molar-refractivity contribution in [3.8, 4) is 0 Å². The minimum atomic E-state index is -1.51. The van der Waals surface area contributed by atoms with Gasteiger partial charge in [0.15, 0.2) is 0 Å². The maximum atomic E-state index is 6.43. The number of allylic oxidation sites excluding steroid dienone is 3. The fraction of sp³-hybridized carbons (Fsp3) is 0.778. The highest BCUT2D eigenvalue weighted by atomic mass is 28.4. The summed E-state index contributed by atoms with van der Waals surface area (Å²) in [6.07, 6.45) is 8.58. The van der Waals surface area contributed by atoms with Crippen molar-refractivity contribution in [3.63, 3.8) is 0 Å². The molecule has 0 aliphatic heterocycles. The number of hydrogen-bond acceptors (Lipinski definition) is 1. The summed E-state index contributed by atoms with van der Waals surface area (Å²) in [5, 5.41) is 0. The Bertz CT molecular complexity index is 351. The largest absolute Gasteiger partial charge is 0.547 e. The quantitative estimate of drug-likeness (QED) is 0.421. The van der Waals surface area contributed by atoms with Crippen LogP contribution in [0.2, 0.25) is 19.6 Å². The molecule has 0 amide bonds. The lowest BCUT2D eigenvalue weighted by Crippen LogP contribution is -2.29. The van der Waals surface area contributed by atoms with E-state index in [1.807, 2.05) is 0 Å². The number of rotatable bonds is 6. The van der Waals surface area contributed by atoms with Crippen LogP contribution < -0.4 is 0 Å². The van der Waals surface area contributed by atoms with Gasteiger partial charge in [0.1, 0.15) is 0 Å². The Hall–Kier alpha value is -0.503. The van der Waals surface area contributed by atoms with Gasteiger partial charge in [-0.25, -0.2) is 0 Å². The van der Waals surface area contributed by atoms with Gasteiger partial charge in [0.25, 0.3) is 0 Å². The van der Waals surface area contributed by atoms with Crippen molar-refractivity contribution in [1.82, 2.24) is 0 Å². The van der Waals surface area contributed by atoms with Crippen LogP contribution in [0.1, 0.15) is 52.9 Å². The van der Waals surface area contributed by atoms with E-state index in [0.29, 0.717) is 11.8 Å². The average molecular weight is 295 g/mol. The third-order valence-electron chi connectivity index (χ3n) is 4.19. The van der Waals surface area contributed by atoms with E-state index in [1.54, 1.807) is 0 Å². The minimum absolute atomic E-state index is 0.617. The lowest BCUT2D eigenvalue weighted by atomic mass is 9.84. The fourth-order valence-corrected chi connectivity index (χ4v) is 3.85. The first-order chi connectivity index (χ1) is 9.19. The molecule has 116 valence electrons. The second-order valence-electron chi connectivity index (χ2n) is 7.82. The molecule has 0 heterocycles. The van der Waals surface area contributed by atoms with Crippen LogP contribution in [-0.4, -0.2) is 8.32 Å². The van der Waals surface area contributed by atoms with Crippen LogP contribution in [0, 0.1) is 17.8 Å². The van der Waals surface area contributed by atoms with Gasteiger partial charge in [-0.15, -0.1) is 6.58 Å². The monoisotopic (exact) mass is 294 g/mol. The molecule has 0 N–H and O–H groups in total. The minimum Gasteiger partial charge on any atom is -0.547 e. The van der Waals surface area contributed by atoms with Crippen molar-refractivity contribution >= 4 is 8.32 Å². The first-order valence-corrected chi connectivity index (χ1v) is 11.6. The molecule has 1 nitrogen and oxygen atoms in total. The smallest absolute Gasteiger partial charge is 0.241 e. The highest BCUT2D eigenvalue weighted by Crippen LogP contribution is 2.36. The summed E-state index contributed by atoms with van der Waals surface area (Å²) in [5.41, 5.74) is 1.30. The van der Waals surface area contributed by atoms with Crippen LogP contribution in [0.25, 0.3) is 0 Å². The van der Waals surface area contributed by atoms with Crippen molar-refractivity contribution in [2.45, 2.75) is 72.5 Å². The molecule has 0 saturated heterocycles. The van der Waals surface area contributed by atoms with Crippen LogP contribution in [0.3, 0.4) is 0 Å². The Labute approximate surface area is 127 Å². The molecule has 0 aromatic heterocycles. The summed E-state index contributed by atoms with van der Waals surface area (Å²) < 4.78 is 6.43. The molecule has 0 radical (unpaired) electrons. The Morgan fingerprint density at radius 1 is 1.40 bits per heavy atom. The van der Waals surface area contributed by atoms with Gasteiger partial charge in [-0.2, -0.15) is 0 Å². The first-order valence-electron chi connectivity index (χ1n) is 8.22. The Morgan fingerprint density at radius 2 is 2.05 bits per heavy atom. The zero-order valence-electron chi connectivity index (χ0n) is 14.5. The first kappa shape index (κ1) is 17.5. The van der Waals surface area contributed by atoms with Crippen LogP contribution in [-0.2, 0) is 4.43 Å². The molecule has 0 spiro atoms. The maximum absolute atomic E-state index is 6.43. The topological polar surface area (TPSA) is 9.23 Å². The predicted octanol–water partition coefficient (Wildman–Crippen LogP) is 6.15. The van der Waals surface area contributed by atoms with E-state index >= 15 is 0 Å². The molecule has 1 rings (SSSR count). The lowest BCUT2D eigenvalue weighted by Gasteiger charge is -2.31. The van der Waals surface area contributed by atoms with Gasteiger partial charge in [0, 0.05) is 5.92 Å². The van der Waals surface area contributed by atoms with Crippen LogP contribution in [0.5, 0.6) is 0 Å². The van der Waals surface area contributed by atoms with Gasteiger partial charge in [0.05, 0.1) is 5.76 Å². The molecule has 0 fully saturated rings. The van der Waals surface area contributed by atoms with E-state index in [-0.39, 0.29) is 0 Å². The molecule has 0 bridgehead atoms. The zero-order valence-corrected chi connectivity index (χ0v) is 15.5. The van der Waals surface area contributed by atoms with E-state index < -0.39 is 8.32 Å². The van der Waals surface area contributed by atoms with Gasteiger partial charge in [-0.05, 0) is 76.6 Å². The summed E-state index contributed by atoms with van der Waals surface area (Å²) in [7, 11) is -1.51.